The quantitative estimate of drug-likeness (QED) is 0.622. The maximum absolute atomic E-state index is 13.0. The minimum absolute atomic E-state index is 0.204. The number of anilines is 1. The van der Waals surface area contributed by atoms with Gasteiger partial charge in [-0.1, -0.05) is 12.5 Å². The van der Waals surface area contributed by atoms with Crippen molar-refractivity contribution < 1.29 is 17.6 Å². The minimum atomic E-state index is -3.56. The van der Waals surface area contributed by atoms with Crippen LogP contribution in [0.25, 0.3) is 0 Å². The third kappa shape index (κ3) is 4.45. The molecule has 0 aliphatic carbocycles. The normalized spacial score (nSPS) is 15.2. The van der Waals surface area contributed by atoms with Gasteiger partial charge >= 0.3 is 0 Å². The molecule has 8 heteroatoms. The van der Waals surface area contributed by atoms with Crippen LogP contribution < -0.4 is 5.32 Å². The fourth-order valence-corrected chi connectivity index (χ4v) is 5.58. The Hall–Kier alpha value is -2.84. The van der Waals surface area contributed by atoms with Gasteiger partial charge < -0.3 is 14.3 Å². The number of benzene rings is 1. The van der Waals surface area contributed by atoms with Gasteiger partial charge in [0, 0.05) is 30.2 Å². The van der Waals surface area contributed by atoms with E-state index in [-0.39, 0.29) is 10.8 Å². The van der Waals surface area contributed by atoms with Gasteiger partial charge in [0.15, 0.2) is 0 Å². The summed E-state index contributed by atoms with van der Waals surface area (Å²) in [6, 6.07) is 12.0. The summed E-state index contributed by atoms with van der Waals surface area (Å²) in [5.74, 6) is 0.538. The number of hydrogen-bond acceptors (Lipinski definition) is 4. The molecule has 3 heterocycles. The van der Waals surface area contributed by atoms with Gasteiger partial charge in [0.05, 0.1) is 23.3 Å². The second-order valence-corrected chi connectivity index (χ2v) is 9.83. The van der Waals surface area contributed by atoms with Crippen molar-refractivity contribution in [1.82, 2.24) is 8.87 Å². The van der Waals surface area contributed by atoms with Crippen molar-refractivity contribution in [1.29, 1.82) is 0 Å². The Morgan fingerprint density at radius 2 is 1.84 bits per heavy atom. The minimum Gasteiger partial charge on any atom is -0.467 e. The molecule has 2 aromatic heterocycles. The highest BCUT2D eigenvalue weighted by molar-refractivity contribution is 7.89. The van der Waals surface area contributed by atoms with Crippen molar-refractivity contribution in [3.63, 3.8) is 0 Å². The number of carbonyl (C=O) groups excluding carboxylic acids is 1. The van der Waals surface area contributed by atoms with E-state index in [0.29, 0.717) is 30.9 Å². The summed E-state index contributed by atoms with van der Waals surface area (Å²) in [5, 5.41) is 2.86. The van der Waals surface area contributed by atoms with Crippen LogP contribution in [0, 0.1) is 13.8 Å². The average Bonchev–Trinajstić information content (AvgIpc) is 3.38. The molecule has 0 radical (unpaired) electrons. The maximum Gasteiger partial charge on any atom is 0.257 e. The topological polar surface area (TPSA) is 84.5 Å². The van der Waals surface area contributed by atoms with Crippen LogP contribution in [-0.2, 0) is 16.6 Å². The number of piperidine rings is 1. The molecule has 1 amide bonds. The first kappa shape index (κ1) is 21.4. The molecule has 1 fully saturated rings. The van der Waals surface area contributed by atoms with Gasteiger partial charge in [-0.3, -0.25) is 4.79 Å². The monoisotopic (exact) mass is 441 g/mol. The summed E-state index contributed by atoms with van der Waals surface area (Å²) in [6.45, 7) is 5.46. The van der Waals surface area contributed by atoms with Crippen LogP contribution in [0.2, 0.25) is 0 Å². The lowest BCUT2D eigenvalue weighted by Gasteiger charge is -2.26. The third-order valence-electron chi connectivity index (χ3n) is 5.76. The van der Waals surface area contributed by atoms with Crippen LogP contribution in [0.4, 0.5) is 5.69 Å². The zero-order valence-corrected chi connectivity index (χ0v) is 18.6. The standard InChI is InChI=1S/C23H27N3O4S/c1-17-14-22(18(2)26(17)16-20-9-7-13-30-20)23(27)24-19-8-6-10-21(15-19)31(28,29)25-11-4-3-5-12-25/h6-10,13-15H,3-5,11-12,16H2,1-2H3,(H,24,27). The van der Waals surface area contributed by atoms with Crippen LogP contribution in [-0.4, -0.2) is 36.3 Å². The Kier molecular flexibility index (Phi) is 6.02. The van der Waals surface area contributed by atoms with E-state index in [2.05, 4.69) is 5.32 Å². The lowest BCUT2D eigenvalue weighted by molar-refractivity contribution is 0.102. The Bertz CT molecular complexity index is 1170. The fourth-order valence-electron chi connectivity index (χ4n) is 4.02. The molecule has 164 valence electrons. The van der Waals surface area contributed by atoms with E-state index in [1.807, 2.05) is 36.6 Å². The number of aromatic nitrogens is 1. The molecule has 0 spiro atoms. The molecular weight excluding hydrogens is 414 g/mol. The predicted molar refractivity (Wildman–Crippen MR) is 119 cm³/mol. The number of rotatable bonds is 6. The van der Waals surface area contributed by atoms with E-state index in [9.17, 15) is 13.2 Å². The summed E-state index contributed by atoms with van der Waals surface area (Å²) in [5.41, 5.74) is 2.77. The maximum atomic E-state index is 13.0. The van der Waals surface area contributed by atoms with Crippen LogP contribution in [0.3, 0.4) is 0 Å². The van der Waals surface area contributed by atoms with Crippen molar-refractivity contribution in [3.05, 3.63) is 71.4 Å². The average molecular weight is 442 g/mol. The number of amides is 1. The Labute approximate surface area is 182 Å². The molecule has 0 bridgehead atoms. The van der Waals surface area contributed by atoms with Gasteiger partial charge in [-0.05, 0) is 63.1 Å². The summed E-state index contributed by atoms with van der Waals surface area (Å²) in [6.07, 6.45) is 4.44. The summed E-state index contributed by atoms with van der Waals surface area (Å²) in [4.78, 5) is 13.2. The largest absolute Gasteiger partial charge is 0.467 e. The van der Waals surface area contributed by atoms with Crippen LogP contribution >= 0.6 is 0 Å². The molecule has 0 unspecified atom stereocenters. The SMILES string of the molecule is Cc1cc(C(=O)Nc2cccc(S(=O)(=O)N3CCCCC3)c2)c(C)n1Cc1ccco1. The number of nitrogens with zero attached hydrogens (tertiary/aromatic N) is 2. The van der Waals surface area contributed by atoms with Gasteiger partial charge in [0.2, 0.25) is 10.0 Å². The van der Waals surface area contributed by atoms with E-state index >= 15 is 0 Å². The van der Waals surface area contributed by atoms with Crippen LogP contribution in [0.15, 0.2) is 58.0 Å². The number of nitrogens with one attached hydrogen (secondary N) is 1. The Morgan fingerprint density at radius 3 is 2.55 bits per heavy atom. The number of aryl methyl sites for hydroxylation is 1. The molecule has 4 rings (SSSR count). The number of carbonyl (C=O) groups is 1. The molecular formula is C23H27N3O4S. The summed E-state index contributed by atoms with van der Waals surface area (Å²) >= 11 is 0. The molecule has 31 heavy (non-hydrogen) atoms. The lowest BCUT2D eigenvalue weighted by atomic mass is 10.2. The first-order chi connectivity index (χ1) is 14.9. The van der Waals surface area contributed by atoms with Gasteiger partial charge in [-0.15, -0.1) is 0 Å². The molecule has 1 N–H and O–H groups in total. The zero-order chi connectivity index (χ0) is 22.0. The van der Waals surface area contributed by atoms with Gasteiger partial charge in [-0.25, -0.2) is 8.42 Å². The van der Waals surface area contributed by atoms with E-state index in [1.165, 1.54) is 10.4 Å². The van der Waals surface area contributed by atoms with E-state index in [4.69, 9.17) is 4.42 Å². The Balaban J connectivity index is 1.54. The highest BCUT2D eigenvalue weighted by atomic mass is 32.2. The summed E-state index contributed by atoms with van der Waals surface area (Å²) < 4.78 is 34.9. The second-order valence-electron chi connectivity index (χ2n) is 7.90. The van der Waals surface area contributed by atoms with Gasteiger partial charge in [-0.2, -0.15) is 4.31 Å². The zero-order valence-electron chi connectivity index (χ0n) is 17.8. The molecule has 1 aromatic carbocycles. The number of hydrogen-bond donors (Lipinski definition) is 1. The number of sulfonamides is 1. The van der Waals surface area contributed by atoms with Crippen LogP contribution in [0.5, 0.6) is 0 Å². The van der Waals surface area contributed by atoms with E-state index < -0.39 is 10.0 Å². The van der Waals surface area contributed by atoms with Crippen molar-refractivity contribution in [2.24, 2.45) is 0 Å². The smallest absolute Gasteiger partial charge is 0.257 e. The molecule has 0 atom stereocenters. The molecule has 7 nitrogen and oxygen atoms in total. The molecule has 1 saturated heterocycles. The fraction of sp³-hybridized carbons (Fsp3) is 0.348. The van der Waals surface area contributed by atoms with Gasteiger partial charge in [0.25, 0.3) is 5.91 Å². The molecule has 1 aliphatic rings. The third-order valence-corrected chi connectivity index (χ3v) is 7.65. The van der Waals surface area contributed by atoms with Crippen LogP contribution in [0.1, 0.15) is 46.8 Å². The van der Waals surface area contributed by atoms with Crippen molar-refractivity contribution in [2.45, 2.75) is 44.6 Å². The highest BCUT2D eigenvalue weighted by Gasteiger charge is 2.26. The van der Waals surface area contributed by atoms with E-state index in [0.717, 1.165) is 36.4 Å². The second kappa shape index (κ2) is 8.72. The first-order valence-electron chi connectivity index (χ1n) is 10.5. The predicted octanol–water partition coefficient (Wildman–Crippen LogP) is 4.17. The van der Waals surface area contributed by atoms with Crippen molar-refractivity contribution in [3.8, 4) is 0 Å². The molecule has 3 aromatic rings. The lowest BCUT2D eigenvalue weighted by Crippen LogP contribution is -2.35. The van der Waals surface area contributed by atoms with Gasteiger partial charge in [0.1, 0.15) is 5.76 Å². The number of furan rings is 1. The Morgan fingerprint density at radius 1 is 1.06 bits per heavy atom. The van der Waals surface area contributed by atoms with Crippen molar-refractivity contribution in [2.75, 3.05) is 18.4 Å². The molecule has 0 saturated carbocycles. The highest BCUT2D eigenvalue weighted by Crippen LogP contribution is 2.24. The van der Waals surface area contributed by atoms with E-state index in [1.54, 1.807) is 24.5 Å². The summed E-state index contributed by atoms with van der Waals surface area (Å²) in [7, 11) is -3.56. The van der Waals surface area contributed by atoms with Crippen molar-refractivity contribution >= 4 is 21.6 Å². The first-order valence-corrected chi connectivity index (χ1v) is 11.9. The molecule has 1 aliphatic heterocycles.